The molecule has 0 saturated carbocycles. The number of nitrogens with zero attached hydrogens (tertiary/aromatic N) is 1. The molecule has 0 unspecified atom stereocenters. The SMILES string of the molecule is O=C(O)C(=O)c1ccc2n[nH]c(Br)c2c1. The maximum atomic E-state index is 11.2. The van der Waals surface area contributed by atoms with Crippen molar-refractivity contribution in [2.75, 3.05) is 0 Å². The number of hydrogen-bond acceptors (Lipinski definition) is 3. The summed E-state index contributed by atoms with van der Waals surface area (Å²) in [5, 5.41) is 15.8. The highest BCUT2D eigenvalue weighted by Gasteiger charge is 2.15. The van der Waals surface area contributed by atoms with Crippen LogP contribution in [0.4, 0.5) is 0 Å². The Morgan fingerprint density at radius 2 is 2.13 bits per heavy atom. The molecule has 76 valence electrons. The van der Waals surface area contributed by atoms with Crippen molar-refractivity contribution in [2.45, 2.75) is 0 Å². The van der Waals surface area contributed by atoms with Crippen LogP contribution >= 0.6 is 15.9 Å². The van der Waals surface area contributed by atoms with Gasteiger partial charge in [0.1, 0.15) is 4.60 Å². The van der Waals surface area contributed by atoms with E-state index >= 15 is 0 Å². The quantitative estimate of drug-likeness (QED) is 0.640. The Kier molecular flexibility index (Phi) is 2.28. The molecular formula is C9H5BrN2O3. The van der Waals surface area contributed by atoms with Crippen LogP contribution in [0.3, 0.4) is 0 Å². The molecule has 2 aromatic rings. The molecule has 0 aliphatic carbocycles. The maximum absolute atomic E-state index is 11.2. The third-order valence-corrected chi connectivity index (χ3v) is 2.57. The predicted octanol–water partition coefficient (Wildman–Crippen LogP) is 1.59. The van der Waals surface area contributed by atoms with Crippen molar-refractivity contribution in [1.29, 1.82) is 0 Å². The zero-order chi connectivity index (χ0) is 11.0. The number of H-pyrrole nitrogens is 1. The summed E-state index contributed by atoms with van der Waals surface area (Å²) in [5.74, 6) is -2.39. The predicted molar refractivity (Wildman–Crippen MR) is 55.8 cm³/mol. The molecule has 0 aliphatic rings. The topological polar surface area (TPSA) is 83.0 Å². The van der Waals surface area contributed by atoms with Gasteiger partial charge in [0, 0.05) is 10.9 Å². The van der Waals surface area contributed by atoms with Gasteiger partial charge in [0.05, 0.1) is 5.52 Å². The summed E-state index contributed by atoms with van der Waals surface area (Å²) >= 11 is 3.21. The molecule has 0 bridgehead atoms. The van der Waals surface area contributed by atoms with Crippen LogP contribution in [-0.4, -0.2) is 27.1 Å². The van der Waals surface area contributed by atoms with Gasteiger partial charge in [-0.15, -0.1) is 0 Å². The average molecular weight is 269 g/mol. The summed E-state index contributed by atoms with van der Waals surface area (Å²) in [6, 6.07) is 4.51. The molecule has 15 heavy (non-hydrogen) atoms. The molecule has 1 heterocycles. The second-order valence-corrected chi connectivity index (χ2v) is 3.70. The number of rotatable bonds is 2. The first-order valence-corrected chi connectivity index (χ1v) is 4.80. The van der Waals surface area contributed by atoms with Gasteiger partial charge in [-0.1, -0.05) is 0 Å². The van der Waals surface area contributed by atoms with Crippen LogP contribution in [0, 0.1) is 0 Å². The van der Waals surface area contributed by atoms with Crippen molar-refractivity contribution in [3.05, 3.63) is 28.4 Å². The minimum absolute atomic E-state index is 0.136. The molecule has 0 fully saturated rings. The summed E-state index contributed by atoms with van der Waals surface area (Å²) < 4.78 is 0.623. The van der Waals surface area contributed by atoms with Gasteiger partial charge in [0.2, 0.25) is 0 Å². The Labute approximate surface area is 92.2 Å². The first-order valence-electron chi connectivity index (χ1n) is 4.01. The van der Waals surface area contributed by atoms with Crippen LogP contribution in [0.15, 0.2) is 22.8 Å². The summed E-state index contributed by atoms with van der Waals surface area (Å²) in [7, 11) is 0. The normalized spacial score (nSPS) is 10.5. The van der Waals surface area contributed by atoms with E-state index in [1.165, 1.54) is 12.1 Å². The van der Waals surface area contributed by atoms with Gasteiger partial charge in [0.15, 0.2) is 0 Å². The second-order valence-electron chi connectivity index (χ2n) is 2.90. The van der Waals surface area contributed by atoms with E-state index in [-0.39, 0.29) is 5.56 Å². The molecule has 2 rings (SSSR count). The number of halogens is 1. The first kappa shape index (κ1) is 9.85. The molecule has 0 saturated heterocycles. The molecule has 6 heteroatoms. The number of aromatic amines is 1. The van der Waals surface area contributed by atoms with Gasteiger partial charge in [-0.3, -0.25) is 9.89 Å². The number of aromatic nitrogens is 2. The van der Waals surface area contributed by atoms with Crippen molar-refractivity contribution in [1.82, 2.24) is 10.2 Å². The standard InChI is InChI=1S/C9H5BrN2O3/c10-8-5-3-4(7(13)9(14)15)1-2-6(5)11-12-8/h1-3H,(H,11,12)(H,14,15). The highest BCUT2D eigenvalue weighted by atomic mass is 79.9. The van der Waals surface area contributed by atoms with Gasteiger partial charge in [0.25, 0.3) is 5.78 Å². The van der Waals surface area contributed by atoms with Crippen LogP contribution in [0.2, 0.25) is 0 Å². The number of aliphatic carboxylic acids is 1. The van der Waals surface area contributed by atoms with Crippen LogP contribution in [0.5, 0.6) is 0 Å². The monoisotopic (exact) mass is 268 g/mol. The molecule has 0 amide bonds. The van der Waals surface area contributed by atoms with Crippen molar-refractivity contribution >= 4 is 38.6 Å². The summed E-state index contributed by atoms with van der Waals surface area (Å²) in [6.45, 7) is 0. The molecular weight excluding hydrogens is 264 g/mol. The van der Waals surface area contributed by atoms with E-state index in [2.05, 4.69) is 26.1 Å². The van der Waals surface area contributed by atoms with Crippen molar-refractivity contribution in [3.63, 3.8) is 0 Å². The van der Waals surface area contributed by atoms with Gasteiger partial charge in [-0.2, -0.15) is 5.10 Å². The van der Waals surface area contributed by atoms with E-state index in [1.54, 1.807) is 6.07 Å². The van der Waals surface area contributed by atoms with E-state index in [9.17, 15) is 9.59 Å². The van der Waals surface area contributed by atoms with E-state index < -0.39 is 11.8 Å². The number of benzene rings is 1. The lowest BCUT2D eigenvalue weighted by atomic mass is 10.1. The van der Waals surface area contributed by atoms with E-state index in [4.69, 9.17) is 5.11 Å². The molecule has 1 aromatic carbocycles. The summed E-state index contributed by atoms with van der Waals surface area (Å²) in [4.78, 5) is 21.7. The Bertz CT molecular complexity index is 561. The third kappa shape index (κ3) is 1.63. The smallest absolute Gasteiger partial charge is 0.377 e. The molecule has 5 nitrogen and oxygen atoms in total. The Morgan fingerprint density at radius 1 is 1.40 bits per heavy atom. The van der Waals surface area contributed by atoms with Gasteiger partial charge in [-0.25, -0.2) is 4.79 Å². The van der Waals surface area contributed by atoms with E-state index in [1.807, 2.05) is 0 Å². The molecule has 2 N–H and O–H groups in total. The fourth-order valence-electron chi connectivity index (χ4n) is 1.24. The third-order valence-electron chi connectivity index (χ3n) is 1.96. The number of carbonyl (C=O) groups excluding carboxylic acids is 1. The minimum Gasteiger partial charge on any atom is -0.475 e. The van der Waals surface area contributed by atoms with Gasteiger partial charge < -0.3 is 5.11 Å². The van der Waals surface area contributed by atoms with Crippen LogP contribution in [0.1, 0.15) is 10.4 Å². The van der Waals surface area contributed by atoms with Crippen molar-refractivity contribution in [3.8, 4) is 0 Å². The minimum atomic E-state index is -1.46. The number of nitrogens with one attached hydrogen (secondary N) is 1. The molecule has 0 aliphatic heterocycles. The van der Waals surface area contributed by atoms with Gasteiger partial charge in [-0.05, 0) is 34.1 Å². The average Bonchev–Trinajstić information content (AvgIpc) is 2.59. The largest absolute Gasteiger partial charge is 0.475 e. The van der Waals surface area contributed by atoms with E-state index in [0.29, 0.717) is 15.5 Å². The highest BCUT2D eigenvalue weighted by Crippen LogP contribution is 2.22. The fraction of sp³-hybridized carbons (Fsp3) is 0. The van der Waals surface area contributed by atoms with Crippen molar-refractivity contribution in [2.24, 2.45) is 0 Å². The number of carboxylic acid groups (broad SMARTS) is 1. The first-order chi connectivity index (χ1) is 7.09. The van der Waals surface area contributed by atoms with Crippen LogP contribution in [0.25, 0.3) is 10.9 Å². The van der Waals surface area contributed by atoms with Crippen molar-refractivity contribution < 1.29 is 14.7 Å². The second kappa shape index (κ2) is 3.47. The Hall–Kier alpha value is -1.69. The molecule has 1 aromatic heterocycles. The zero-order valence-corrected chi connectivity index (χ0v) is 8.91. The number of hydrogen-bond donors (Lipinski definition) is 2. The van der Waals surface area contributed by atoms with Crippen LogP contribution < -0.4 is 0 Å². The Balaban J connectivity index is 2.59. The number of carbonyl (C=O) groups is 2. The summed E-state index contributed by atoms with van der Waals surface area (Å²) in [5.41, 5.74) is 0.806. The maximum Gasteiger partial charge on any atom is 0.377 e. The lowest BCUT2D eigenvalue weighted by molar-refractivity contribution is -0.131. The molecule has 0 atom stereocenters. The summed E-state index contributed by atoms with van der Waals surface area (Å²) in [6.07, 6.45) is 0. The Morgan fingerprint density at radius 3 is 2.80 bits per heavy atom. The number of fused-ring (bicyclic) bond motifs is 1. The highest BCUT2D eigenvalue weighted by molar-refractivity contribution is 9.10. The lowest BCUT2D eigenvalue weighted by Gasteiger charge is -1.95. The van der Waals surface area contributed by atoms with Crippen LogP contribution in [-0.2, 0) is 4.79 Å². The molecule has 0 radical (unpaired) electrons. The number of Topliss-reactive ketones (excluding diaryl/α,β-unsaturated/α-hetero) is 1. The molecule has 0 spiro atoms. The number of carboxylic acids is 1. The zero-order valence-electron chi connectivity index (χ0n) is 7.32. The van der Waals surface area contributed by atoms with Gasteiger partial charge >= 0.3 is 5.97 Å². The fourth-order valence-corrected chi connectivity index (χ4v) is 1.65. The lowest BCUT2D eigenvalue weighted by Crippen LogP contribution is -2.12. The van der Waals surface area contributed by atoms with E-state index in [0.717, 1.165) is 0 Å². The number of ketones is 1.